The van der Waals surface area contributed by atoms with Crippen LogP contribution in [-0.4, -0.2) is 23.9 Å². The first-order chi connectivity index (χ1) is 10.3. The fourth-order valence-electron chi connectivity index (χ4n) is 2.53. The molecule has 1 aliphatic rings. The maximum absolute atomic E-state index is 12.3. The van der Waals surface area contributed by atoms with Gasteiger partial charge in [0, 0.05) is 25.0 Å². The van der Waals surface area contributed by atoms with Gasteiger partial charge in [0.05, 0.1) is 0 Å². The number of piperidine rings is 1. The van der Waals surface area contributed by atoms with Crippen LogP contribution in [0.1, 0.15) is 31.7 Å². The smallest absolute Gasteiger partial charge is 0.266 e. The number of carbonyl (C=O) groups excluding carboxylic acids is 1. The molecule has 1 N–H and O–H groups in total. The maximum Gasteiger partial charge on any atom is 0.266 e. The Kier molecular flexibility index (Phi) is 5.39. The van der Waals surface area contributed by atoms with Gasteiger partial charge in [0.25, 0.3) is 5.91 Å². The van der Waals surface area contributed by atoms with Crippen LogP contribution < -0.4 is 5.32 Å². The largest absolute Gasteiger partial charge is 0.360 e. The third-order valence-electron chi connectivity index (χ3n) is 3.76. The van der Waals surface area contributed by atoms with Gasteiger partial charge in [-0.3, -0.25) is 4.79 Å². The van der Waals surface area contributed by atoms with Crippen LogP contribution in [-0.2, 0) is 11.2 Å². The zero-order chi connectivity index (χ0) is 15.1. The molecule has 1 fully saturated rings. The number of likely N-dealkylation sites (tertiary alicyclic amines) is 1. The van der Waals surface area contributed by atoms with Crippen molar-refractivity contribution in [3.8, 4) is 6.07 Å². The Bertz CT molecular complexity index is 566. The molecule has 0 saturated carbocycles. The molecule has 4 nitrogen and oxygen atoms in total. The second-order valence-corrected chi connectivity index (χ2v) is 5.18. The van der Waals surface area contributed by atoms with Gasteiger partial charge in [-0.2, -0.15) is 5.26 Å². The first-order valence-corrected chi connectivity index (χ1v) is 7.50. The predicted octanol–water partition coefficient (Wildman–Crippen LogP) is 3.08. The lowest BCUT2D eigenvalue weighted by Crippen LogP contribution is -2.36. The summed E-state index contributed by atoms with van der Waals surface area (Å²) in [7, 11) is 0. The number of para-hydroxylation sites is 1. The number of benzene rings is 1. The summed E-state index contributed by atoms with van der Waals surface area (Å²) in [5.41, 5.74) is 2.28. The highest BCUT2D eigenvalue weighted by Crippen LogP contribution is 2.17. The summed E-state index contributed by atoms with van der Waals surface area (Å²) < 4.78 is 0. The van der Waals surface area contributed by atoms with Gasteiger partial charge < -0.3 is 10.2 Å². The van der Waals surface area contributed by atoms with Gasteiger partial charge in [0.1, 0.15) is 11.6 Å². The Balaban J connectivity index is 2.10. The Hall–Kier alpha value is -2.28. The number of anilines is 1. The van der Waals surface area contributed by atoms with Crippen molar-refractivity contribution in [3.05, 3.63) is 41.6 Å². The number of aryl methyl sites for hydroxylation is 1. The summed E-state index contributed by atoms with van der Waals surface area (Å²) in [6.07, 6.45) is 5.65. The van der Waals surface area contributed by atoms with E-state index in [1.54, 1.807) is 4.90 Å². The van der Waals surface area contributed by atoms with Gasteiger partial charge in [-0.05, 0) is 37.3 Å². The van der Waals surface area contributed by atoms with E-state index in [0.717, 1.165) is 50.0 Å². The Morgan fingerprint density at radius 1 is 1.33 bits per heavy atom. The lowest BCUT2D eigenvalue weighted by atomic mass is 10.1. The first-order valence-electron chi connectivity index (χ1n) is 7.50. The first kappa shape index (κ1) is 15.1. The summed E-state index contributed by atoms with van der Waals surface area (Å²) in [5, 5.41) is 12.3. The zero-order valence-electron chi connectivity index (χ0n) is 12.4. The molecule has 110 valence electrons. The number of nitrogens with one attached hydrogen (secondary N) is 1. The van der Waals surface area contributed by atoms with E-state index in [-0.39, 0.29) is 11.5 Å². The van der Waals surface area contributed by atoms with Crippen LogP contribution in [0.25, 0.3) is 0 Å². The molecule has 1 aromatic rings. The number of carbonyl (C=O) groups is 1. The van der Waals surface area contributed by atoms with E-state index in [0.29, 0.717) is 0 Å². The van der Waals surface area contributed by atoms with Gasteiger partial charge in [0.15, 0.2) is 0 Å². The average molecular weight is 283 g/mol. The molecular weight excluding hydrogens is 262 g/mol. The molecule has 2 rings (SSSR count). The topological polar surface area (TPSA) is 56.1 Å². The molecular formula is C17H21N3O. The molecule has 1 aromatic carbocycles. The molecule has 1 heterocycles. The quantitative estimate of drug-likeness (QED) is 0.682. The standard InChI is InChI=1S/C17H21N3O/c1-2-14-8-4-5-9-16(14)19-13-15(12-18)17(21)20-10-6-3-7-11-20/h4-5,8-9,13,19H,2-3,6-7,10-11H2,1H3/b15-13-. The van der Waals surface area contributed by atoms with Crippen LogP contribution in [0.3, 0.4) is 0 Å². The Morgan fingerprint density at radius 2 is 2.05 bits per heavy atom. The van der Waals surface area contributed by atoms with Crippen molar-refractivity contribution in [1.29, 1.82) is 5.26 Å². The molecule has 21 heavy (non-hydrogen) atoms. The van der Waals surface area contributed by atoms with Crippen molar-refractivity contribution in [1.82, 2.24) is 4.90 Å². The van der Waals surface area contributed by atoms with Crippen LogP contribution >= 0.6 is 0 Å². The fraction of sp³-hybridized carbons (Fsp3) is 0.412. The highest BCUT2D eigenvalue weighted by Gasteiger charge is 2.20. The van der Waals surface area contributed by atoms with Crippen molar-refractivity contribution in [2.24, 2.45) is 0 Å². The molecule has 0 aromatic heterocycles. The highest BCUT2D eigenvalue weighted by atomic mass is 16.2. The minimum atomic E-state index is -0.168. The fourth-order valence-corrected chi connectivity index (χ4v) is 2.53. The second-order valence-electron chi connectivity index (χ2n) is 5.18. The average Bonchev–Trinajstić information content (AvgIpc) is 2.56. The number of nitrogens with zero attached hydrogens (tertiary/aromatic N) is 2. The van der Waals surface area contributed by atoms with Gasteiger partial charge >= 0.3 is 0 Å². The molecule has 1 aliphatic heterocycles. The number of nitriles is 1. The molecule has 1 saturated heterocycles. The number of hydrogen-bond acceptors (Lipinski definition) is 3. The molecule has 1 amide bonds. The Labute approximate surface area is 126 Å². The van der Waals surface area contributed by atoms with Crippen LogP contribution in [0.5, 0.6) is 0 Å². The van der Waals surface area contributed by atoms with Crippen molar-refractivity contribution in [2.45, 2.75) is 32.6 Å². The van der Waals surface area contributed by atoms with Crippen molar-refractivity contribution < 1.29 is 4.79 Å². The van der Waals surface area contributed by atoms with E-state index >= 15 is 0 Å². The van der Waals surface area contributed by atoms with E-state index < -0.39 is 0 Å². The van der Waals surface area contributed by atoms with Crippen LogP contribution in [0, 0.1) is 11.3 Å². The lowest BCUT2D eigenvalue weighted by molar-refractivity contribution is -0.127. The highest BCUT2D eigenvalue weighted by molar-refractivity contribution is 5.97. The Morgan fingerprint density at radius 3 is 2.71 bits per heavy atom. The van der Waals surface area contributed by atoms with Crippen LogP contribution in [0.4, 0.5) is 5.69 Å². The molecule has 0 spiro atoms. The molecule has 0 bridgehead atoms. The van der Waals surface area contributed by atoms with Gasteiger partial charge in [-0.15, -0.1) is 0 Å². The van der Waals surface area contributed by atoms with Crippen molar-refractivity contribution in [3.63, 3.8) is 0 Å². The van der Waals surface area contributed by atoms with Crippen molar-refractivity contribution in [2.75, 3.05) is 18.4 Å². The molecule has 0 aliphatic carbocycles. The summed E-state index contributed by atoms with van der Waals surface area (Å²) in [5.74, 6) is -0.168. The van der Waals surface area contributed by atoms with Gasteiger partial charge in [-0.25, -0.2) is 0 Å². The summed E-state index contributed by atoms with van der Waals surface area (Å²) >= 11 is 0. The summed E-state index contributed by atoms with van der Waals surface area (Å²) in [4.78, 5) is 14.1. The molecule has 0 unspecified atom stereocenters. The van der Waals surface area contributed by atoms with E-state index in [4.69, 9.17) is 0 Å². The molecule has 4 heteroatoms. The number of hydrogen-bond donors (Lipinski definition) is 1. The third-order valence-corrected chi connectivity index (χ3v) is 3.76. The normalized spacial score (nSPS) is 15.4. The minimum Gasteiger partial charge on any atom is -0.360 e. The van der Waals surface area contributed by atoms with E-state index in [1.807, 2.05) is 30.3 Å². The summed E-state index contributed by atoms with van der Waals surface area (Å²) in [6, 6.07) is 9.93. The maximum atomic E-state index is 12.3. The van der Waals surface area contributed by atoms with E-state index in [1.165, 1.54) is 6.20 Å². The zero-order valence-corrected chi connectivity index (χ0v) is 12.4. The van der Waals surface area contributed by atoms with Crippen LogP contribution in [0.2, 0.25) is 0 Å². The number of amides is 1. The SMILES string of the molecule is CCc1ccccc1N/C=C(/C#N)C(=O)N1CCCCC1. The van der Waals surface area contributed by atoms with E-state index in [2.05, 4.69) is 12.2 Å². The lowest BCUT2D eigenvalue weighted by Gasteiger charge is -2.26. The third kappa shape index (κ3) is 3.85. The minimum absolute atomic E-state index is 0.168. The van der Waals surface area contributed by atoms with Gasteiger partial charge in [0.2, 0.25) is 0 Å². The predicted molar refractivity (Wildman–Crippen MR) is 83.6 cm³/mol. The second kappa shape index (κ2) is 7.49. The summed E-state index contributed by atoms with van der Waals surface area (Å²) in [6.45, 7) is 3.58. The number of rotatable bonds is 4. The van der Waals surface area contributed by atoms with Crippen LogP contribution in [0.15, 0.2) is 36.0 Å². The molecule has 0 radical (unpaired) electrons. The van der Waals surface area contributed by atoms with Gasteiger partial charge in [-0.1, -0.05) is 25.1 Å². The monoisotopic (exact) mass is 283 g/mol. The van der Waals surface area contributed by atoms with Crippen molar-refractivity contribution >= 4 is 11.6 Å². The van der Waals surface area contributed by atoms with E-state index in [9.17, 15) is 10.1 Å². The molecule has 0 atom stereocenters.